The molecule has 0 spiro atoms. The quantitative estimate of drug-likeness (QED) is 0.637. The van der Waals surface area contributed by atoms with Gasteiger partial charge in [-0.3, -0.25) is 0 Å². The van der Waals surface area contributed by atoms with E-state index in [0.29, 0.717) is 10.9 Å². The minimum absolute atomic E-state index is 0.550. The highest BCUT2D eigenvalue weighted by Crippen LogP contribution is 2.26. The van der Waals surface area contributed by atoms with Gasteiger partial charge in [-0.2, -0.15) is 0 Å². The van der Waals surface area contributed by atoms with E-state index in [4.69, 9.17) is 16.3 Å². The van der Waals surface area contributed by atoms with E-state index in [-0.39, 0.29) is 0 Å². The molecule has 0 aliphatic rings. The van der Waals surface area contributed by atoms with Crippen molar-refractivity contribution in [3.63, 3.8) is 0 Å². The molecule has 118 valence electrons. The first kappa shape index (κ1) is 16.9. The van der Waals surface area contributed by atoms with E-state index in [2.05, 4.69) is 31.3 Å². The van der Waals surface area contributed by atoms with Crippen molar-refractivity contribution in [3.05, 3.63) is 59.1 Å². The average molecular weight is 318 g/mol. The molecule has 0 saturated carbocycles. The summed E-state index contributed by atoms with van der Waals surface area (Å²) in [4.78, 5) is 0. The molecule has 2 rings (SSSR count). The van der Waals surface area contributed by atoms with Gasteiger partial charge in [0, 0.05) is 5.02 Å². The lowest BCUT2D eigenvalue weighted by atomic mass is 9.98. The van der Waals surface area contributed by atoms with Crippen LogP contribution in [0.25, 0.3) is 0 Å². The Balaban J connectivity index is 1.88. The van der Waals surface area contributed by atoms with Crippen LogP contribution < -0.4 is 10.1 Å². The van der Waals surface area contributed by atoms with E-state index < -0.39 is 0 Å². The highest BCUT2D eigenvalue weighted by Gasteiger charge is 2.05. The van der Waals surface area contributed by atoms with Crippen LogP contribution in [0, 0.1) is 0 Å². The second kappa shape index (κ2) is 8.82. The topological polar surface area (TPSA) is 21.3 Å². The number of rotatable bonds is 8. The largest absolute Gasteiger partial charge is 0.457 e. The fraction of sp³-hybridized carbons (Fsp3) is 0.368. The van der Waals surface area contributed by atoms with Crippen LogP contribution in [0.3, 0.4) is 0 Å². The Hall–Kier alpha value is -1.51. The lowest BCUT2D eigenvalue weighted by molar-refractivity contribution is 0.482. The summed E-state index contributed by atoms with van der Waals surface area (Å²) in [5.74, 6) is 2.20. The van der Waals surface area contributed by atoms with Gasteiger partial charge < -0.3 is 10.1 Å². The van der Waals surface area contributed by atoms with Gasteiger partial charge in [0.2, 0.25) is 0 Å². The molecular formula is C19H24ClNO. The van der Waals surface area contributed by atoms with Gasteiger partial charge in [0.05, 0.1) is 0 Å². The molecule has 0 amide bonds. The molecular weight excluding hydrogens is 294 g/mol. The first-order valence-corrected chi connectivity index (χ1v) is 8.31. The number of hydrogen-bond acceptors (Lipinski definition) is 2. The monoisotopic (exact) mass is 317 g/mol. The van der Waals surface area contributed by atoms with Crippen LogP contribution in [0.15, 0.2) is 48.5 Å². The minimum Gasteiger partial charge on any atom is -0.457 e. The molecule has 0 fully saturated rings. The molecule has 1 unspecified atom stereocenters. The molecule has 1 atom stereocenters. The zero-order valence-electron chi connectivity index (χ0n) is 13.3. The lowest BCUT2D eigenvalue weighted by Crippen LogP contribution is -2.17. The summed E-state index contributed by atoms with van der Waals surface area (Å²) in [5.41, 5.74) is 1.35. The van der Waals surface area contributed by atoms with Gasteiger partial charge in [-0.05, 0) is 73.8 Å². The van der Waals surface area contributed by atoms with Crippen LogP contribution in [-0.4, -0.2) is 13.1 Å². The van der Waals surface area contributed by atoms with Gasteiger partial charge in [0.15, 0.2) is 0 Å². The summed E-state index contributed by atoms with van der Waals surface area (Å²) >= 11 is 5.87. The zero-order valence-corrected chi connectivity index (χ0v) is 14.1. The van der Waals surface area contributed by atoms with Crippen LogP contribution in [-0.2, 0) is 0 Å². The van der Waals surface area contributed by atoms with Gasteiger partial charge in [-0.25, -0.2) is 0 Å². The van der Waals surface area contributed by atoms with Crippen molar-refractivity contribution in [3.8, 4) is 11.5 Å². The standard InChI is InChI=1S/C19H24ClNO/c1-3-13-21-14-12-15(2)16-4-8-18(9-5-16)22-19-10-6-17(20)7-11-19/h4-11,15,21H,3,12-14H2,1-2H3. The molecule has 2 aromatic rings. The fourth-order valence-electron chi connectivity index (χ4n) is 2.29. The predicted octanol–water partition coefficient (Wildman–Crippen LogP) is 5.63. The van der Waals surface area contributed by atoms with Crippen LogP contribution in [0.4, 0.5) is 0 Å². The Kier molecular flexibility index (Phi) is 6.75. The molecule has 3 heteroatoms. The third kappa shape index (κ3) is 5.36. The third-order valence-electron chi connectivity index (χ3n) is 3.68. The smallest absolute Gasteiger partial charge is 0.127 e. The van der Waals surface area contributed by atoms with E-state index in [9.17, 15) is 0 Å². The normalized spacial score (nSPS) is 12.1. The first-order chi connectivity index (χ1) is 10.7. The van der Waals surface area contributed by atoms with Crippen LogP contribution in [0.5, 0.6) is 11.5 Å². The van der Waals surface area contributed by atoms with Crippen LogP contribution in [0.2, 0.25) is 5.02 Å². The molecule has 0 heterocycles. The van der Waals surface area contributed by atoms with Crippen molar-refractivity contribution in [1.82, 2.24) is 5.32 Å². The fourth-order valence-corrected chi connectivity index (χ4v) is 2.42. The number of halogens is 1. The van der Waals surface area contributed by atoms with Gasteiger partial charge in [0.1, 0.15) is 11.5 Å². The Labute approximate surface area is 138 Å². The SMILES string of the molecule is CCCNCCC(C)c1ccc(Oc2ccc(Cl)cc2)cc1. The molecule has 0 aliphatic heterocycles. The number of hydrogen-bond donors (Lipinski definition) is 1. The Morgan fingerprint density at radius 1 is 0.955 bits per heavy atom. The second-order valence-corrected chi connectivity index (χ2v) is 6.00. The number of benzene rings is 2. The third-order valence-corrected chi connectivity index (χ3v) is 3.93. The molecule has 2 nitrogen and oxygen atoms in total. The van der Waals surface area contributed by atoms with E-state index in [0.717, 1.165) is 31.0 Å². The lowest BCUT2D eigenvalue weighted by Gasteiger charge is -2.13. The van der Waals surface area contributed by atoms with E-state index in [1.807, 2.05) is 36.4 Å². The zero-order chi connectivity index (χ0) is 15.8. The Morgan fingerprint density at radius 3 is 2.14 bits per heavy atom. The van der Waals surface area contributed by atoms with E-state index >= 15 is 0 Å². The van der Waals surface area contributed by atoms with E-state index in [1.54, 1.807) is 0 Å². The van der Waals surface area contributed by atoms with E-state index in [1.165, 1.54) is 12.0 Å². The second-order valence-electron chi connectivity index (χ2n) is 5.56. The molecule has 2 aromatic carbocycles. The van der Waals surface area contributed by atoms with Gasteiger partial charge in [0.25, 0.3) is 0 Å². The van der Waals surface area contributed by atoms with Gasteiger partial charge >= 0.3 is 0 Å². The van der Waals surface area contributed by atoms with Crippen molar-refractivity contribution in [1.29, 1.82) is 0 Å². The molecule has 0 aromatic heterocycles. The highest BCUT2D eigenvalue weighted by molar-refractivity contribution is 6.30. The highest BCUT2D eigenvalue weighted by atomic mass is 35.5. The minimum atomic E-state index is 0.550. The van der Waals surface area contributed by atoms with Crippen LogP contribution >= 0.6 is 11.6 Å². The summed E-state index contributed by atoms with van der Waals surface area (Å²) in [6.07, 6.45) is 2.34. The summed E-state index contributed by atoms with van der Waals surface area (Å²) in [7, 11) is 0. The van der Waals surface area contributed by atoms with Crippen molar-refractivity contribution in [2.24, 2.45) is 0 Å². The maximum atomic E-state index is 5.87. The van der Waals surface area contributed by atoms with Crippen molar-refractivity contribution < 1.29 is 4.74 Å². The molecule has 0 radical (unpaired) electrons. The maximum Gasteiger partial charge on any atom is 0.127 e. The van der Waals surface area contributed by atoms with Crippen LogP contribution in [0.1, 0.15) is 38.2 Å². The summed E-state index contributed by atoms with van der Waals surface area (Å²) < 4.78 is 5.81. The molecule has 22 heavy (non-hydrogen) atoms. The van der Waals surface area contributed by atoms with Crippen molar-refractivity contribution in [2.75, 3.05) is 13.1 Å². The molecule has 0 bridgehead atoms. The predicted molar refractivity (Wildman–Crippen MR) is 94.2 cm³/mol. The first-order valence-electron chi connectivity index (χ1n) is 7.93. The Bertz CT molecular complexity index is 551. The van der Waals surface area contributed by atoms with Crippen molar-refractivity contribution in [2.45, 2.75) is 32.6 Å². The molecule has 0 aliphatic carbocycles. The number of nitrogens with one attached hydrogen (secondary N) is 1. The summed E-state index contributed by atoms with van der Waals surface area (Å²) in [6, 6.07) is 15.8. The summed E-state index contributed by atoms with van der Waals surface area (Å²) in [6.45, 7) is 6.62. The average Bonchev–Trinajstić information content (AvgIpc) is 2.54. The molecule has 1 N–H and O–H groups in total. The number of ether oxygens (including phenoxy) is 1. The summed E-state index contributed by atoms with van der Waals surface area (Å²) in [5, 5.41) is 4.16. The van der Waals surface area contributed by atoms with Gasteiger partial charge in [-0.15, -0.1) is 0 Å². The molecule has 0 saturated heterocycles. The maximum absolute atomic E-state index is 5.87. The van der Waals surface area contributed by atoms with Crippen molar-refractivity contribution >= 4 is 11.6 Å². The Morgan fingerprint density at radius 2 is 1.55 bits per heavy atom. The van der Waals surface area contributed by atoms with Gasteiger partial charge in [-0.1, -0.05) is 37.6 Å².